The largest absolute Gasteiger partial charge is 0.362 e. The summed E-state index contributed by atoms with van der Waals surface area (Å²) >= 11 is 7.91. The van der Waals surface area contributed by atoms with Gasteiger partial charge in [0.1, 0.15) is 111 Å². The topological polar surface area (TPSA) is 369 Å². The van der Waals surface area contributed by atoms with Crippen molar-refractivity contribution in [1.82, 2.24) is 93.1 Å². The Hall–Kier alpha value is -13.0. The summed E-state index contributed by atoms with van der Waals surface area (Å²) in [4.78, 5) is 148. The number of carbonyl (C=O) groups excluding carboxylic acids is 9. The van der Waals surface area contributed by atoms with Gasteiger partial charge in [-0.05, 0) is 153 Å². The molecule has 0 unspecified atom stereocenters. The van der Waals surface area contributed by atoms with Gasteiger partial charge in [0.05, 0.1) is 53.4 Å². The molecule has 14 heterocycles. The summed E-state index contributed by atoms with van der Waals surface area (Å²) < 4.78 is 79.9. The third-order valence-electron chi connectivity index (χ3n) is 21.2. The van der Waals surface area contributed by atoms with Crippen LogP contribution in [0.3, 0.4) is 0 Å². The lowest BCUT2D eigenvalue weighted by Gasteiger charge is -2.30. The second-order valence-corrected chi connectivity index (χ2v) is 32.2. The van der Waals surface area contributed by atoms with Gasteiger partial charge in [0.2, 0.25) is 41.3 Å². The van der Waals surface area contributed by atoms with Crippen molar-refractivity contribution >= 4 is 158 Å². The van der Waals surface area contributed by atoms with Crippen LogP contribution in [0.2, 0.25) is 0 Å². The number of rotatable bonds is 20. The van der Waals surface area contributed by atoms with Crippen molar-refractivity contribution in [2.24, 2.45) is 0 Å². The highest BCUT2D eigenvalue weighted by molar-refractivity contribution is 9.10. The molecule has 3 N–H and O–H groups in total. The van der Waals surface area contributed by atoms with Crippen molar-refractivity contribution in [2.45, 2.75) is 134 Å². The predicted octanol–water partition coefficient (Wildman–Crippen LogP) is 11.7. The summed E-state index contributed by atoms with van der Waals surface area (Å²) in [7, 11) is 0. The van der Waals surface area contributed by atoms with E-state index in [1.807, 2.05) is 70.3 Å². The van der Waals surface area contributed by atoms with E-state index < -0.39 is 78.0 Å². The van der Waals surface area contributed by atoms with Gasteiger partial charge >= 0.3 is 5.92 Å². The van der Waals surface area contributed by atoms with Crippen molar-refractivity contribution in [3.05, 3.63) is 196 Å². The summed E-state index contributed by atoms with van der Waals surface area (Å²) in [6.45, 7) is 6.15. The average Bonchev–Trinajstić information content (AvgIpc) is 1.59. The van der Waals surface area contributed by atoms with Crippen LogP contribution in [-0.4, -0.2) is 215 Å². The average molecular weight is 1830 g/mol. The minimum absolute atomic E-state index is 0.111. The van der Waals surface area contributed by atoms with Gasteiger partial charge in [0.25, 0.3) is 0 Å². The van der Waals surface area contributed by atoms with Crippen LogP contribution in [-0.2, 0) is 67.4 Å². The molecule has 4 aliphatic rings. The molecule has 632 valence electrons. The third-order valence-corrected chi connectivity index (χ3v) is 22.7. The van der Waals surface area contributed by atoms with Gasteiger partial charge < -0.3 is 44.5 Å². The SMILES string of the molecule is CC(=O)c1nn(CC(=O)N2C[C@H](F)C[C@H]2C(=O)Nc2cccc(Br)n2)c2ccc(-c3ccc4ncccn34)cc12.CC(=O)c1nn(CC(=O)N2C[C@H](F)C[C@H]2C(=O)Nc2cccc(Br)n2)c2ccc(N3CCn4c(nnc4C(C)(F)F)C3)cc12.CSc1cccc(NC(=O)[C@@H]2C[C@@H](F)CN2C(=O)Cn2nc(C(C)=O)c3cc(-c4cnc(C)nc4)ccc32)n1. The highest BCUT2D eigenvalue weighted by Crippen LogP contribution is 2.36. The van der Waals surface area contributed by atoms with E-state index in [4.69, 9.17) is 0 Å². The highest BCUT2D eigenvalue weighted by Gasteiger charge is 2.44. The number of fused-ring (bicyclic) bond motifs is 5. The highest BCUT2D eigenvalue weighted by atomic mass is 79.9. The third kappa shape index (κ3) is 18.5. The van der Waals surface area contributed by atoms with Gasteiger partial charge in [-0.25, -0.2) is 43.1 Å². The van der Waals surface area contributed by atoms with Gasteiger partial charge in [-0.3, -0.25) is 57.2 Å². The summed E-state index contributed by atoms with van der Waals surface area (Å²) in [5.41, 5.74) is 7.05. The van der Waals surface area contributed by atoms with Crippen LogP contribution in [0.4, 0.5) is 45.1 Å². The molecule has 3 aromatic carbocycles. The molecule has 4 aliphatic heterocycles. The smallest absolute Gasteiger partial charge is 0.304 e. The molecule has 0 spiro atoms. The number of Topliss-reactive ketones (excluding diaryl/α,β-unsaturated/α-hetero) is 3. The fourth-order valence-corrected chi connectivity index (χ4v) is 16.5. The zero-order chi connectivity index (χ0) is 87.0. The number of aryl methyl sites for hydroxylation is 1. The molecule has 0 radical (unpaired) electrons. The minimum Gasteiger partial charge on any atom is -0.362 e. The molecule has 40 heteroatoms. The first kappa shape index (κ1) is 85.0. The molecular weight excluding hydrogens is 1750 g/mol. The number of halogens is 7. The molecule has 3 fully saturated rings. The molecule has 3 saturated heterocycles. The molecular formula is C83H76Br2F5N23O9S. The number of hydrogen-bond donors (Lipinski definition) is 3. The van der Waals surface area contributed by atoms with Crippen LogP contribution in [0.15, 0.2) is 166 Å². The molecule has 0 bridgehead atoms. The zero-order valence-corrected chi connectivity index (χ0v) is 70.5. The van der Waals surface area contributed by atoms with Crippen LogP contribution in [0, 0.1) is 6.92 Å². The number of alkyl halides is 5. The molecule has 0 aliphatic carbocycles. The van der Waals surface area contributed by atoms with E-state index >= 15 is 0 Å². The fraction of sp³-hybridized carbons (Fsp3) is 0.301. The van der Waals surface area contributed by atoms with Gasteiger partial charge in [-0.15, -0.1) is 22.0 Å². The summed E-state index contributed by atoms with van der Waals surface area (Å²) in [5.74, 6) is -5.48. The lowest BCUT2D eigenvalue weighted by molar-refractivity contribution is -0.137. The van der Waals surface area contributed by atoms with Gasteiger partial charge in [0, 0.05) is 112 Å². The number of amides is 6. The lowest BCUT2D eigenvalue weighted by atomic mass is 10.0. The maximum Gasteiger partial charge on any atom is 0.304 e. The Bertz CT molecular complexity index is 6360. The van der Waals surface area contributed by atoms with Crippen LogP contribution in [0.5, 0.6) is 0 Å². The summed E-state index contributed by atoms with van der Waals surface area (Å²) in [6.07, 6.45) is 4.44. The standard InChI is InChI=1S/C28H27BrF3N9O3.C28H23BrFN7O3.C27H26FN7O3S/c1-15(42)25-18-11-17(38-8-9-39-23(13-38)35-36-27(39)28(2,31)32)6-7-19(18)41(37-25)14-24(43)40-12-16(30)10-20(40)26(44)34-22-5-3-4-21(29)33-22;1-16(38)27-19-12-17(20-8-9-25-31-10-3-11-35(20)25)6-7-21(19)37(34-27)15-26(39)36-14-18(30)13-22(36)28(40)33-24-5-2-4-23(29)32-24;1-15(36)26-20-9-17(18-11-29-16(2)30-12-18)7-8-21(20)35(33-26)14-25(37)34-13-19(28)10-22(34)27(38)32-23-5-4-6-24(31-23)39-3/h3-7,11,16,20H,8-10,12-14H2,1-2H3,(H,33,34,44);2-12,18,22H,13-15H2,1H3,(H,32,33,40);4-9,11-12,19,22H,10,13-14H2,1-3H3,(H,31,32,38)/t16-,20+;18-,22+;19-,22+/m111/s1. The number of carbonyl (C=O) groups is 9. The van der Waals surface area contributed by atoms with Crippen LogP contribution >= 0.6 is 43.6 Å². The van der Waals surface area contributed by atoms with Gasteiger partial charge in [-0.1, -0.05) is 30.3 Å². The number of nitrogens with zero attached hydrogens (tertiary/aromatic N) is 20. The number of anilines is 4. The van der Waals surface area contributed by atoms with E-state index in [0.29, 0.717) is 77.4 Å². The van der Waals surface area contributed by atoms with E-state index in [0.717, 1.165) is 40.0 Å². The predicted molar refractivity (Wildman–Crippen MR) is 451 cm³/mol. The molecule has 32 nitrogen and oxygen atoms in total. The first-order valence-electron chi connectivity index (χ1n) is 38.7. The Labute approximate surface area is 717 Å². The van der Waals surface area contributed by atoms with Crippen molar-refractivity contribution in [3.8, 4) is 22.4 Å². The zero-order valence-electron chi connectivity index (χ0n) is 66.6. The number of aromatic nitrogens is 16. The number of hydrogen-bond acceptors (Lipinski definition) is 22. The number of pyridine rings is 3. The number of thioether (sulfide) groups is 1. The Morgan fingerprint density at radius 2 is 0.976 bits per heavy atom. The number of ketones is 3. The molecule has 0 saturated carbocycles. The van der Waals surface area contributed by atoms with E-state index in [2.05, 4.69) is 103 Å². The van der Waals surface area contributed by atoms with Crippen LogP contribution < -0.4 is 20.9 Å². The van der Waals surface area contributed by atoms with E-state index in [-0.39, 0.29) is 118 Å². The lowest BCUT2D eigenvalue weighted by Crippen LogP contribution is -2.44. The van der Waals surface area contributed by atoms with Gasteiger partial charge in [0.15, 0.2) is 23.2 Å². The summed E-state index contributed by atoms with van der Waals surface area (Å²) in [6, 6.07) is 34.1. The Morgan fingerprint density at radius 1 is 0.520 bits per heavy atom. The van der Waals surface area contributed by atoms with E-state index in [1.165, 1.54) is 65.8 Å². The second-order valence-electron chi connectivity index (χ2n) is 29.7. The number of benzene rings is 3. The van der Waals surface area contributed by atoms with Gasteiger partial charge in [-0.2, -0.15) is 24.1 Å². The quantitative estimate of drug-likeness (QED) is 0.0276. The Balaban J connectivity index is 0.000000143. The number of likely N-dealkylation sites (tertiary alicyclic amines) is 3. The van der Waals surface area contributed by atoms with Crippen molar-refractivity contribution in [3.63, 3.8) is 0 Å². The van der Waals surface area contributed by atoms with Crippen molar-refractivity contribution < 1.29 is 65.1 Å². The molecule has 6 atom stereocenters. The first-order chi connectivity index (χ1) is 58.9. The van der Waals surface area contributed by atoms with E-state index in [9.17, 15) is 65.1 Å². The minimum atomic E-state index is -3.12. The second kappa shape index (κ2) is 35.6. The molecule has 10 aromatic heterocycles. The Kier molecular flexibility index (Phi) is 24.6. The maximum atomic E-state index is 14.5. The number of nitrogens with one attached hydrogen (secondary N) is 3. The van der Waals surface area contributed by atoms with Crippen molar-refractivity contribution in [2.75, 3.05) is 53.3 Å². The normalized spacial score (nSPS) is 17.5. The molecule has 6 amide bonds. The molecule has 17 rings (SSSR count). The summed E-state index contributed by atoms with van der Waals surface area (Å²) in [5, 5.41) is 31.3. The maximum absolute atomic E-state index is 14.5. The Morgan fingerprint density at radius 3 is 1.45 bits per heavy atom. The monoisotopic (exact) mass is 1820 g/mol. The molecule has 13 aromatic rings. The van der Waals surface area contributed by atoms with Crippen LogP contribution in [0.1, 0.15) is 95.9 Å². The van der Waals surface area contributed by atoms with Crippen LogP contribution in [0.25, 0.3) is 60.7 Å². The fourth-order valence-electron chi connectivity index (χ4n) is 15.4. The first-order valence-corrected chi connectivity index (χ1v) is 41.5. The molecule has 123 heavy (non-hydrogen) atoms. The van der Waals surface area contributed by atoms with E-state index in [1.54, 1.807) is 104 Å². The van der Waals surface area contributed by atoms with Crippen molar-refractivity contribution in [1.29, 1.82) is 0 Å².